The number of amides is 1. The molecule has 0 bridgehead atoms. The largest absolute Gasteiger partial charge is 0.422 e. The van der Waals surface area contributed by atoms with E-state index in [0.717, 1.165) is 18.2 Å². The molecule has 2 aromatic rings. The first kappa shape index (κ1) is 16.7. The van der Waals surface area contributed by atoms with E-state index in [1.54, 1.807) is 19.1 Å². The topological polar surface area (TPSA) is 85.3 Å². The quantitative estimate of drug-likeness (QED) is 0.845. The normalized spacial score (nSPS) is 16.9. The molecule has 1 aromatic carbocycles. The first-order valence-corrected chi connectivity index (χ1v) is 8.65. The number of nitrogens with two attached hydrogens (primary N) is 1. The molecule has 0 spiro atoms. The van der Waals surface area contributed by atoms with Crippen molar-refractivity contribution < 1.29 is 9.21 Å². The van der Waals surface area contributed by atoms with E-state index in [1.165, 1.54) is 19.3 Å². The van der Waals surface area contributed by atoms with Gasteiger partial charge in [0.15, 0.2) is 0 Å². The van der Waals surface area contributed by atoms with Gasteiger partial charge in [-0.15, -0.1) is 0 Å². The summed E-state index contributed by atoms with van der Waals surface area (Å²) < 4.78 is 5.31. The van der Waals surface area contributed by atoms with E-state index < -0.39 is 5.63 Å². The van der Waals surface area contributed by atoms with E-state index >= 15 is 0 Å². The molecule has 1 aliphatic carbocycles. The van der Waals surface area contributed by atoms with Crippen LogP contribution in [0.5, 0.6) is 0 Å². The summed E-state index contributed by atoms with van der Waals surface area (Å²) in [4.78, 5) is 25.0. The van der Waals surface area contributed by atoms with Crippen molar-refractivity contribution in [2.24, 2.45) is 11.7 Å². The molecule has 1 aromatic heterocycles. The van der Waals surface area contributed by atoms with E-state index in [1.807, 2.05) is 12.1 Å². The van der Waals surface area contributed by atoms with E-state index in [2.05, 4.69) is 5.32 Å². The number of hydrogen-bond donors (Lipinski definition) is 2. The summed E-state index contributed by atoms with van der Waals surface area (Å²) in [6.07, 6.45) is 5.75. The fraction of sp³-hybridized carbons (Fsp3) is 0.474. The van der Waals surface area contributed by atoms with E-state index in [4.69, 9.17) is 10.2 Å². The first-order chi connectivity index (χ1) is 11.6. The van der Waals surface area contributed by atoms with Gasteiger partial charge in [0.2, 0.25) is 0 Å². The van der Waals surface area contributed by atoms with E-state index in [-0.39, 0.29) is 17.5 Å². The predicted molar refractivity (Wildman–Crippen MR) is 94.1 cm³/mol. The third kappa shape index (κ3) is 3.22. The van der Waals surface area contributed by atoms with Crippen molar-refractivity contribution in [2.45, 2.75) is 45.1 Å². The predicted octanol–water partition coefficient (Wildman–Crippen LogP) is 2.74. The van der Waals surface area contributed by atoms with Crippen LogP contribution in [-0.2, 0) is 0 Å². The molecule has 0 aliphatic heterocycles. The number of benzene rings is 1. The van der Waals surface area contributed by atoms with Crippen LogP contribution < -0.4 is 16.7 Å². The van der Waals surface area contributed by atoms with Gasteiger partial charge in [0.1, 0.15) is 11.1 Å². The molecule has 1 atom stereocenters. The molecule has 1 amide bonds. The monoisotopic (exact) mass is 328 g/mol. The molecule has 5 heteroatoms. The van der Waals surface area contributed by atoms with Crippen molar-refractivity contribution in [3.63, 3.8) is 0 Å². The highest BCUT2D eigenvalue weighted by Gasteiger charge is 2.26. The lowest BCUT2D eigenvalue weighted by Gasteiger charge is -2.30. The summed E-state index contributed by atoms with van der Waals surface area (Å²) >= 11 is 0. The molecular formula is C19H24N2O3. The number of para-hydroxylation sites is 1. The van der Waals surface area contributed by atoms with Crippen molar-refractivity contribution in [3.8, 4) is 0 Å². The summed E-state index contributed by atoms with van der Waals surface area (Å²) in [5.74, 6) is 0.00790. The summed E-state index contributed by atoms with van der Waals surface area (Å²) in [5, 5.41) is 3.76. The SMILES string of the molecule is Cc1c(C(=O)NC(CN)C2CCCCC2)c(=O)oc2ccccc12. The Kier molecular flexibility index (Phi) is 5.00. The molecule has 3 N–H and O–H groups in total. The van der Waals surface area contributed by atoms with Gasteiger partial charge >= 0.3 is 5.63 Å². The van der Waals surface area contributed by atoms with Crippen molar-refractivity contribution in [3.05, 3.63) is 45.8 Å². The number of carbonyl (C=O) groups is 1. The first-order valence-electron chi connectivity index (χ1n) is 8.65. The summed E-state index contributed by atoms with van der Waals surface area (Å²) in [7, 11) is 0. The van der Waals surface area contributed by atoms with Crippen LogP contribution >= 0.6 is 0 Å². The lowest BCUT2D eigenvalue weighted by Crippen LogP contribution is -2.47. The Hall–Kier alpha value is -2.14. The fourth-order valence-electron chi connectivity index (χ4n) is 3.71. The molecular weight excluding hydrogens is 304 g/mol. The Morgan fingerprint density at radius 2 is 2.00 bits per heavy atom. The highest BCUT2D eigenvalue weighted by atomic mass is 16.4. The maximum atomic E-state index is 12.7. The number of hydrogen-bond acceptors (Lipinski definition) is 4. The number of aryl methyl sites for hydroxylation is 1. The van der Waals surface area contributed by atoms with Crippen molar-refractivity contribution in [1.29, 1.82) is 0 Å². The zero-order chi connectivity index (χ0) is 17.1. The molecule has 1 aliphatic rings. The fourth-order valence-corrected chi connectivity index (χ4v) is 3.71. The van der Waals surface area contributed by atoms with Crippen molar-refractivity contribution >= 4 is 16.9 Å². The molecule has 5 nitrogen and oxygen atoms in total. The molecule has 0 saturated heterocycles. The maximum Gasteiger partial charge on any atom is 0.349 e. The molecule has 1 unspecified atom stereocenters. The van der Waals surface area contributed by atoms with Crippen LogP contribution in [0, 0.1) is 12.8 Å². The Morgan fingerprint density at radius 3 is 2.71 bits per heavy atom. The average molecular weight is 328 g/mol. The lowest BCUT2D eigenvalue weighted by molar-refractivity contribution is 0.0911. The molecule has 24 heavy (non-hydrogen) atoms. The van der Waals surface area contributed by atoms with Crippen LogP contribution in [0.3, 0.4) is 0 Å². The smallest absolute Gasteiger partial charge is 0.349 e. The summed E-state index contributed by atoms with van der Waals surface area (Å²) in [6.45, 7) is 2.17. The van der Waals surface area contributed by atoms with Crippen LogP contribution in [0.4, 0.5) is 0 Å². The van der Waals surface area contributed by atoms with Crippen LogP contribution in [0.25, 0.3) is 11.0 Å². The number of fused-ring (bicyclic) bond motifs is 1. The minimum Gasteiger partial charge on any atom is -0.422 e. The van der Waals surface area contributed by atoms with Crippen molar-refractivity contribution in [2.75, 3.05) is 6.54 Å². The zero-order valence-electron chi connectivity index (χ0n) is 14.0. The average Bonchev–Trinajstić information content (AvgIpc) is 2.60. The number of nitrogens with one attached hydrogen (secondary N) is 1. The number of carbonyl (C=O) groups excluding carboxylic acids is 1. The lowest BCUT2D eigenvalue weighted by atomic mass is 9.83. The second kappa shape index (κ2) is 7.18. The maximum absolute atomic E-state index is 12.7. The highest BCUT2D eigenvalue weighted by molar-refractivity contribution is 5.99. The van der Waals surface area contributed by atoms with Gasteiger partial charge < -0.3 is 15.5 Å². The molecule has 128 valence electrons. The van der Waals surface area contributed by atoms with Crippen LogP contribution in [0.1, 0.15) is 48.0 Å². The molecule has 1 heterocycles. The van der Waals surface area contributed by atoms with Gasteiger partial charge in [-0.1, -0.05) is 37.5 Å². The second-order valence-electron chi connectivity index (χ2n) is 6.60. The van der Waals surface area contributed by atoms with Gasteiger partial charge in [-0.05, 0) is 37.3 Å². The summed E-state index contributed by atoms with van der Waals surface area (Å²) in [6, 6.07) is 7.16. The van der Waals surface area contributed by atoms with Gasteiger partial charge in [0, 0.05) is 18.0 Å². The van der Waals surface area contributed by atoms with Gasteiger partial charge in [-0.2, -0.15) is 0 Å². The highest BCUT2D eigenvalue weighted by Crippen LogP contribution is 2.26. The minimum atomic E-state index is -0.594. The van der Waals surface area contributed by atoms with Crippen molar-refractivity contribution in [1.82, 2.24) is 5.32 Å². The summed E-state index contributed by atoms with van der Waals surface area (Å²) in [5.41, 5.74) is 6.52. The molecule has 3 rings (SSSR count). The van der Waals surface area contributed by atoms with Crippen LogP contribution in [0.15, 0.2) is 33.5 Å². The van der Waals surface area contributed by atoms with Gasteiger partial charge in [-0.25, -0.2) is 4.79 Å². The molecule has 1 saturated carbocycles. The Labute approximate surface area is 141 Å². The van der Waals surface area contributed by atoms with E-state index in [0.29, 0.717) is 23.6 Å². The van der Waals surface area contributed by atoms with Crippen LogP contribution in [0.2, 0.25) is 0 Å². The number of rotatable bonds is 4. The third-order valence-corrected chi connectivity index (χ3v) is 5.09. The zero-order valence-corrected chi connectivity index (χ0v) is 14.0. The molecule has 0 radical (unpaired) electrons. The Morgan fingerprint density at radius 1 is 1.29 bits per heavy atom. The Bertz CT molecular complexity index is 791. The Balaban J connectivity index is 1.89. The second-order valence-corrected chi connectivity index (χ2v) is 6.60. The van der Waals surface area contributed by atoms with Gasteiger partial charge in [0.25, 0.3) is 5.91 Å². The minimum absolute atomic E-state index is 0.0861. The standard InChI is InChI=1S/C19H24N2O3/c1-12-14-9-5-6-10-16(14)24-19(23)17(12)18(22)21-15(11-20)13-7-3-2-4-8-13/h5-6,9-10,13,15H,2-4,7-8,11,20H2,1H3,(H,21,22). The van der Waals surface area contributed by atoms with Gasteiger partial charge in [-0.3, -0.25) is 4.79 Å². The van der Waals surface area contributed by atoms with Crippen LogP contribution in [-0.4, -0.2) is 18.5 Å². The van der Waals surface area contributed by atoms with Gasteiger partial charge in [0.05, 0.1) is 0 Å². The third-order valence-electron chi connectivity index (χ3n) is 5.09. The molecule has 1 fully saturated rings. The van der Waals surface area contributed by atoms with E-state index in [9.17, 15) is 9.59 Å².